The Morgan fingerprint density at radius 2 is 2.13 bits per heavy atom. The Balaban J connectivity index is 2.52. The van der Waals surface area contributed by atoms with Crippen LogP contribution >= 0.6 is 15.9 Å². The van der Waals surface area contributed by atoms with Crippen LogP contribution in [0.5, 0.6) is 11.5 Å². The second kappa shape index (κ2) is 6.69. The first-order valence-corrected chi connectivity index (χ1v) is 5.74. The van der Waals surface area contributed by atoms with Gasteiger partial charge in [0.05, 0.1) is 7.11 Å². The van der Waals surface area contributed by atoms with Gasteiger partial charge in [-0.3, -0.25) is 0 Å². The molecule has 0 atom stereocenters. The standard InChI is InChI=1S/C11H16BrNO2/c1-3-13-6-7-15-10-5-4-9(12)8-11(10)14-2/h4-5,8,13H,3,6-7H2,1-2H3. The van der Waals surface area contributed by atoms with Crippen LogP contribution in [-0.2, 0) is 0 Å². The summed E-state index contributed by atoms with van der Waals surface area (Å²) in [5, 5.41) is 3.19. The number of benzene rings is 1. The molecule has 15 heavy (non-hydrogen) atoms. The number of rotatable bonds is 6. The highest BCUT2D eigenvalue weighted by Gasteiger charge is 2.03. The van der Waals surface area contributed by atoms with Gasteiger partial charge in [0.25, 0.3) is 0 Å². The summed E-state index contributed by atoms with van der Waals surface area (Å²) in [7, 11) is 1.64. The van der Waals surface area contributed by atoms with Crippen LogP contribution in [0.1, 0.15) is 6.92 Å². The number of ether oxygens (including phenoxy) is 2. The lowest BCUT2D eigenvalue weighted by atomic mass is 10.3. The lowest BCUT2D eigenvalue weighted by molar-refractivity contribution is 0.293. The topological polar surface area (TPSA) is 30.5 Å². The SMILES string of the molecule is CCNCCOc1ccc(Br)cc1OC. The van der Waals surface area contributed by atoms with Gasteiger partial charge in [0.2, 0.25) is 0 Å². The molecule has 0 aliphatic rings. The summed E-state index contributed by atoms with van der Waals surface area (Å²) in [6.45, 7) is 4.52. The minimum Gasteiger partial charge on any atom is -0.493 e. The number of likely N-dealkylation sites (N-methyl/N-ethyl adjacent to an activating group) is 1. The third-order valence-electron chi connectivity index (χ3n) is 1.91. The first kappa shape index (κ1) is 12.3. The van der Waals surface area contributed by atoms with E-state index < -0.39 is 0 Å². The minimum atomic E-state index is 0.645. The molecule has 4 heteroatoms. The molecule has 1 aromatic rings. The van der Waals surface area contributed by atoms with Gasteiger partial charge in [-0.25, -0.2) is 0 Å². The van der Waals surface area contributed by atoms with Gasteiger partial charge in [0.1, 0.15) is 6.61 Å². The molecule has 0 unspecified atom stereocenters. The van der Waals surface area contributed by atoms with Crippen LogP contribution in [0.2, 0.25) is 0 Å². The molecule has 3 nitrogen and oxygen atoms in total. The van der Waals surface area contributed by atoms with E-state index in [2.05, 4.69) is 28.2 Å². The first-order valence-electron chi connectivity index (χ1n) is 4.95. The van der Waals surface area contributed by atoms with Gasteiger partial charge in [0.15, 0.2) is 11.5 Å². The largest absolute Gasteiger partial charge is 0.493 e. The van der Waals surface area contributed by atoms with E-state index in [1.54, 1.807) is 7.11 Å². The van der Waals surface area contributed by atoms with Crippen LogP contribution in [0, 0.1) is 0 Å². The van der Waals surface area contributed by atoms with E-state index in [0.717, 1.165) is 29.1 Å². The van der Waals surface area contributed by atoms with Crippen molar-refractivity contribution in [3.05, 3.63) is 22.7 Å². The summed E-state index contributed by atoms with van der Waals surface area (Å²) in [6, 6.07) is 5.72. The van der Waals surface area contributed by atoms with Crippen molar-refractivity contribution in [1.82, 2.24) is 5.32 Å². The average Bonchev–Trinajstić information content (AvgIpc) is 2.26. The van der Waals surface area contributed by atoms with Gasteiger partial charge in [-0.1, -0.05) is 22.9 Å². The Hall–Kier alpha value is -0.740. The molecular weight excluding hydrogens is 258 g/mol. The molecule has 1 N–H and O–H groups in total. The van der Waals surface area contributed by atoms with Gasteiger partial charge in [-0.15, -0.1) is 0 Å². The van der Waals surface area contributed by atoms with E-state index in [4.69, 9.17) is 9.47 Å². The third kappa shape index (κ3) is 4.10. The molecule has 0 amide bonds. The van der Waals surface area contributed by atoms with Gasteiger partial charge < -0.3 is 14.8 Å². The fourth-order valence-corrected chi connectivity index (χ4v) is 1.51. The van der Waals surface area contributed by atoms with Crippen molar-refractivity contribution in [3.8, 4) is 11.5 Å². The molecule has 0 fully saturated rings. The lowest BCUT2D eigenvalue weighted by Crippen LogP contribution is -2.20. The third-order valence-corrected chi connectivity index (χ3v) is 2.41. The van der Waals surface area contributed by atoms with Crippen LogP contribution < -0.4 is 14.8 Å². The van der Waals surface area contributed by atoms with E-state index >= 15 is 0 Å². The number of hydrogen-bond donors (Lipinski definition) is 1. The fourth-order valence-electron chi connectivity index (χ4n) is 1.17. The number of halogens is 1. The van der Waals surface area contributed by atoms with Crippen LogP contribution in [0.15, 0.2) is 22.7 Å². The molecule has 1 aromatic carbocycles. The quantitative estimate of drug-likeness (QED) is 0.808. The first-order chi connectivity index (χ1) is 7.27. The van der Waals surface area contributed by atoms with Crippen molar-refractivity contribution < 1.29 is 9.47 Å². The normalized spacial score (nSPS) is 10.1. The predicted octanol–water partition coefficient (Wildman–Crippen LogP) is 2.45. The molecule has 0 saturated carbocycles. The summed E-state index contributed by atoms with van der Waals surface area (Å²) in [5.74, 6) is 1.53. The molecule has 0 aromatic heterocycles. The highest BCUT2D eigenvalue weighted by atomic mass is 79.9. The zero-order chi connectivity index (χ0) is 11.1. The zero-order valence-electron chi connectivity index (χ0n) is 9.05. The Morgan fingerprint density at radius 3 is 2.80 bits per heavy atom. The monoisotopic (exact) mass is 273 g/mol. The van der Waals surface area contributed by atoms with Gasteiger partial charge >= 0.3 is 0 Å². The molecule has 84 valence electrons. The van der Waals surface area contributed by atoms with Crippen molar-refractivity contribution in [2.75, 3.05) is 26.8 Å². The minimum absolute atomic E-state index is 0.645. The molecule has 0 bridgehead atoms. The number of hydrogen-bond acceptors (Lipinski definition) is 3. The average molecular weight is 274 g/mol. The van der Waals surface area contributed by atoms with Crippen molar-refractivity contribution in [3.63, 3.8) is 0 Å². The number of methoxy groups -OCH3 is 1. The predicted molar refractivity (Wildman–Crippen MR) is 64.7 cm³/mol. The maximum absolute atomic E-state index is 5.58. The van der Waals surface area contributed by atoms with Crippen LogP contribution in [0.25, 0.3) is 0 Å². The van der Waals surface area contributed by atoms with Crippen molar-refractivity contribution in [2.45, 2.75) is 6.92 Å². The van der Waals surface area contributed by atoms with Gasteiger partial charge in [-0.05, 0) is 24.7 Å². The Morgan fingerprint density at radius 1 is 1.33 bits per heavy atom. The van der Waals surface area contributed by atoms with E-state index in [-0.39, 0.29) is 0 Å². The van der Waals surface area contributed by atoms with E-state index in [1.807, 2.05) is 18.2 Å². The van der Waals surface area contributed by atoms with Crippen LogP contribution in [0.4, 0.5) is 0 Å². The summed E-state index contributed by atoms with van der Waals surface area (Å²) in [5.41, 5.74) is 0. The van der Waals surface area contributed by atoms with E-state index in [1.165, 1.54) is 0 Å². The second-order valence-corrected chi connectivity index (χ2v) is 3.91. The molecule has 0 saturated heterocycles. The fraction of sp³-hybridized carbons (Fsp3) is 0.455. The Kier molecular flexibility index (Phi) is 5.50. The lowest BCUT2D eigenvalue weighted by Gasteiger charge is -2.10. The highest BCUT2D eigenvalue weighted by molar-refractivity contribution is 9.10. The summed E-state index contributed by atoms with van der Waals surface area (Å²) >= 11 is 3.38. The van der Waals surface area contributed by atoms with Gasteiger partial charge in [0, 0.05) is 11.0 Å². The van der Waals surface area contributed by atoms with Crippen LogP contribution in [-0.4, -0.2) is 26.8 Å². The molecular formula is C11H16BrNO2. The molecule has 0 aliphatic heterocycles. The Bertz CT molecular complexity index is 305. The molecule has 0 spiro atoms. The maximum atomic E-state index is 5.58. The molecule has 0 aliphatic carbocycles. The zero-order valence-corrected chi connectivity index (χ0v) is 10.6. The molecule has 0 radical (unpaired) electrons. The molecule has 0 heterocycles. The molecule has 1 rings (SSSR count). The Labute approximate surface area is 98.9 Å². The number of nitrogens with one attached hydrogen (secondary N) is 1. The maximum Gasteiger partial charge on any atom is 0.161 e. The van der Waals surface area contributed by atoms with Crippen molar-refractivity contribution in [1.29, 1.82) is 0 Å². The van der Waals surface area contributed by atoms with E-state index in [9.17, 15) is 0 Å². The van der Waals surface area contributed by atoms with E-state index in [0.29, 0.717) is 6.61 Å². The van der Waals surface area contributed by atoms with Crippen LogP contribution in [0.3, 0.4) is 0 Å². The smallest absolute Gasteiger partial charge is 0.161 e. The summed E-state index contributed by atoms with van der Waals surface area (Å²) < 4.78 is 11.8. The van der Waals surface area contributed by atoms with Crippen molar-refractivity contribution >= 4 is 15.9 Å². The second-order valence-electron chi connectivity index (χ2n) is 3.00. The summed E-state index contributed by atoms with van der Waals surface area (Å²) in [4.78, 5) is 0. The summed E-state index contributed by atoms with van der Waals surface area (Å²) in [6.07, 6.45) is 0. The van der Waals surface area contributed by atoms with Gasteiger partial charge in [-0.2, -0.15) is 0 Å². The van der Waals surface area contributed by atoms with Crippen molar-refractivity contribution in [2.24, 2.45) is 0 Å². The highest BCUT2D eigenvalue weighted by Crippen LogP contribution is 2.29.